The maximum Gasteiger partial charge on any atom is 0.416 e. The van der Waals surface area contributed by atoms with Gasteiger partial charge in [0.2, 0.25) is 0 Å². The minimum atomic E-state index is -4.41. The standard InChI is InChI=1S/C13H13F3N4O/c1-7-10(17)11(20(2)19-7)12(21)18-9-5-3-8(4-6-9)13(14,15)16/h3-6H,17H2,1-2H3,(H,18,21). The van der Waals surface area contributed by atoms with Crippen molar-refractivity contribution in [3.8, 4) is 0 Å². The monoisotopic (exact) mass is 298 g/mol. The van der Waals surface area contributed by atoms with Crippen LogP contribution in [0.4, 0.5) is 24.5 Å². The van der Waals surface area contributed by atoms with Crippen LogP contribution in [0.3, 0.4) is 0 Å². The summed E-state index contributed by atoms with van der Waals surface area (Å²) in [4.78, 5) is 12.1. The molecule has 112 valence electrons. The Morgan fingerprint density at radius 1 is 1.29 bits per heavy atom. The first-order chi connectivity index (χ1) is 9.70. The lowest BCUT2D eigenvalue weighted by Crippen LogP contribution is -2.17. The molecule has 0 atom stereocenters. The molecule has 0 unspecified atom stereocenters. The van der Waals surface area contributed by atoms with Crippen molar-refractivity contribution in [2.45, 2.75) is 13.1 Å². The van der Waals surface area contributed by atoms with Gasteiger partial charge >= 0.3 is 6.18 Å². The fourth-order valence-electron chi connectivity index (χ4n) is 1.88. The summed E-state index contributed by atoms with van der Waals surface area (Å²) < 4.78 is 38.6. The molecule has 1 aromatic heterocycles. The third kappa shape index (κ3) is 2.99. The molecule has 5 nitrogen and oxygen atoms in total. The Morgan fingerprint density at radius 2 is 1.86 bits per heavy atom. The lowest BCUT2D eigenvalue weighted by atomic mass is 10.2. The number of nitrogens with two attached hydrogens (primary N) is 1. The van der Waals surface area contributed by atoms with Gasteiger partial charge in [0.15, 0.2) is 0 Å². The van der Waals surface area contributed by atoms with E-state index in [1.54, 1.807) is 14.0 Å². The van der Waals surface area contributed by atoms with E-state index in [9.17, 15) is 18.0 Å². The zero-order chi connectivity index (χ0) is 15.8. The highest BCUT2D eigenvalue weighted by atomic mass is 19.4. The predicted octanol–water partition coefficient (Wildman–Crippen LogP) is 2.58. The molecule has 0 spiro atoms. The Kier molecular flexibility index (Phi) is 3.63. The number of benzene rings is 1. The summed E-state index contributed by atoms with van der Waals surface area (Å²) in [6, 6.07) is 4.15. The van der Waals surface area contributed by atoms with Crippen molar-refractivity contribution in [2.75, 3.05) is 11.1 Å². The van der Waals surface area contributed by atoms with E-state index < -0.39 is 17.6 Å². The Bertz CT molecular complexity index is 674. The number of nitrogens with zero attached hydrogens (tertiary/aromatic N) is 2. The van der Waals surface area contributed by atoms with Gasteiger partial charge in [-0.15, -0.1) is 0 Å². The molecule has 2 aromatic rings. The van der Waals surface area contributed by atoms with Gasteiger partial charge in [-0.2, -0.15) is 18.3 Å². The Hall–Kier alpha value is -2.51. The van der Waals surface area contributed by atoms with E-state index in [0.717, 1.165) is 12.1 Å². The summed E-state index contributed by atoms with van der Waals surface area (Å²) in [5.41, 5.74) is 6.11. The van der Waals surface area contributed by atoms with Crippen LogP contribution in [-0.4, -0.2) is 15.7 Å². The zero-order valence-corrected chi connectivity index (χ0v) is 11.3. The Balaban J connectivity index is 2.20. The number of hydrogen-bond donors (Lipinski definition) is 2. The highest BCUT2D eigenvalue weighted by Crippen LogP contribution is 2.30. The average Bonchev–Trinajstić information content (AvgIpc) is 2.62. The molecule has 0 saturated carbocycles. The fourth-order valence-corrected chi connectivity index (χ4v) is 1.88. The molecule has 1 aromatic carbocycles. The first-order valence-corrected chi connectivity index (χ1v) is 5.98. The lowest BCUT2D eigenvalue weighted by Gasteiger charge is -2.09. The van der Waals surface area contributed by atoms with E-state index in [0.29, 0.717) is 5.69 Å². The molecule has 0 bridgehead atoms. The molecular formula is C13H13F3N4O. The number of alkyl halides is 3. The zero-order valence-electron chi connectivity index (χ0n) is 11.3. The minimum absolute atomic E-state index is 0.160. The van der Waals surface area contributed by atoms with Crippen molar-refractivity contribution in [1.29, 1.82) is 0 Å². The topological polar surface area (TPSA) is 72.9 Å². The summed E-state index contributed by atoms with van der Waals surface area (Å²) in [7, 11) is 1.56. The van der Waals surface area contributed by atoms with Crippen LogP contribution in [0.25, 0.3) is 0 Å². The van der Waals surface area contributed by atoms with Crippen LogP contribution in [-0.2, 0) is 13.2 Å². The highest BCUT2D eigenvalue weighted by Gasteiger charge is 2.30. The molecule has 1 amide bonds. The number of rotatable bonds is 2. The quantitative estimate of drug-likeness (QED) is 0.895. The van der Waals surface area contributed by atoms with Gasteiger partial charge in [-0.1, -0.05) is 0 Å². The Morgan fingerprint density at radius 3 is 2.29 bits per heavy atom. The number of carbonyl (C=O) groups excluding carboxylic acids is 1. The second-order valence-electron chi connectivity index (χ2n) is 4.50. The van der Waals surface area contributed by atoms with E-state index in [1.165, 1.54) is 16.8 Å². The van der Waals surface area contributed by atoms with Gasteiger partial charge in [0.05, 0.1) is 16.9 Å². The number of halogens is 3. The van der Waals surface area contributed by atoms with Crippen molar-refractivity contribution in [1.82, 2.24) is 9.78 Å². The minimum Gasteiger partial charge on any atom is -0.395 e. The van der Waals surface area contributed by atoms with Gasteiger partial charge in [0.1, 0.15) is 5.69 Å². The summed E-state index contributed by atoms with van der Waals surface area (Å²) in [6.45, 7) is 1.66. The number of aryl methyl sites for hydroxylation is 2. The molecule has 8 heteroatoms. The predicted molar refractivity (Wildman–Crippen MR) is 71.8 cm³/mol. The summed E-state index contributed by atoms with van der Waals surface area (Å²) in [5.74, 6) is -0.532. The Labute approximate surface area is 118 Å². The second-order valence-corrected chi connectivity index (χ2v) is 4.50. The number of aromatic nitrogens is 2. The van der Waals surface area contributed by atoms with Crippen molar-refractivity contribution < 1.29 is 18.0 Å². The molecule has 0 radical (unpaired) electrons. The molecule has 21 heavy (non-hydrogen) atoms. The van der Waals surface area contributed by atoms with Crippen molar-refractivity contribution in [3.05, 3.63) is 41.2 Å². The number of hydrogen-bond acceptors (Lipinski definition) is 3. The molecule has 1 heterocycles. The molecule has 2 rings (SSSR count). The van der Waals surface area contributed by atoms with Crippen LogP contribution in [0.15, 0.2) is 24.3 Å². The molecule has 0 aliphatic rings. The smallest absolute Gasteiger partial charge is 0.395 e. The van der Waals surface area contributed by atoms with Crippen LogP contribution >= 0.6 is 0 Å². The maximum absolute atomic E-state index is 12.4. The maximum atomic E-state index is 12.4. The molecule has 0 saturated heterocycles. The van der Waals surface area contributed by atoms with E-state index in [2.05, 4.69) is 10.4 Å². The first kappa shape index (κ1) is 14.9. The number of carbonyl (C=O) groups is 1. The summed E-state index contributed by atoms with van der Waals surface area (Å²) in [5, 5.41) is 6.49. The number of amides is 1. The SMILES string of the molecule is Cc1nn(C)c(C(=O)Nc2ccc(C(F)(F)F)cc2)c1N. The third-order valence-corrected chi connectivity index (χ3v) is 2.95. The third-order valence-electron chi connectivity index (χ3n) is 2.95. The van der Waals surface area contributed by atoms with Crippen molar-refractivity contribution in [2.24, 2.45) is 7.05 Å². The van der Waals surface area contributed by atoms with Crippen LogP contribution in [0, 0.1) is 6.92 Å². The van der Waals surface area contributed by atoms with E-state index in [1.807, 2.05) is 0 Å². The van der Waals surface area contributed by atoms with Gasteiger partial charge in [0.25, 0.3) is 5.91 Å². The van der Waals surface area contributed by atoms with Gasteiger partial charge in [-0.3, -0.25) is 9.48 Å². The molecule has 0 aliphatic heterocycles. The van der Waals surface area contributed by atoms with Crippen LogP contribution in [0.5, 0.6) is 0 Å². The lowest BCUT2D eigenvalue weighted by molar-refractivity contribution is -0.137. The summed E-state index contributed by atoms with van der Waals surface area (Å²) >= 11 is 0. The van der Waals surface area contributed by atoms with Crippen molar-refractivity contribution in [3.63, 3.8) is 0 Å². The number of anilines is 2. The highest BCUT2D eigenvalue weighted by molar-refractivity contribution is 6.06. The number of nitrogens with one attached hydrogen (secondary N) is 1. The van der Waals surface area contributed by atoms with Gasteiger partial charge in [-0.25, -0.2) is 0 Å². The normalized spacial score (nSPS) is 11.5. The van der Waals surface area contributed by atoms with E-state index >= 15 is 0 Å². The van der Waals surface area contributed by atoms with Gasteiger partial charge in [-0.05, 0) is 31.2 Å². The van der Waals surface area contributed by atoms with Crippen LogP contribution in [0.1, 0.15) is 21.7 Å². The number of nitrogen functional groups attached to an aromatic ring is 1. The molecular weight excluding hydrogens is 285 g/mol. The largest absolute Gasteiger partial charge is 0.416 e. The fraction of sp³-hybridized carbons (Fsp3) is 0.231. The van der Waals surface area contributed by atoms with Crippen LogP contribution < -0.4 is 11.1 Å². The second kappa shape index (κ2) is 5.12. The van der Waals surface area contributed by atoms with Gasteiger partial charge in [0, 0.05) is 12.7 Å². The first-order valence-electron chi connectivity index (χ1n) is 5.98. The van der Waals surface area contributed by atoms with Crippen LogP contribution in [0.2, 0.25) is 0 Å². The van der Waals surface area contributed by atoms with Gasteiger partial charge < -0.3 is 11.1 Å². The average molecular weight is 298 g/mol. The molecule has 0 fully saturated rings. The molecule has 0 aliphatic carbocycles. The van der Waals surface area contributed by atoms with Crippen molar-refractivity contribution >= 4 is 17.3 Å². The van der Waals surface area contributed by atoms with E-state index in [4.69, 9.17) is 5.73 Å². The molecule has 3 N–H and O–H groups in total. The van der Waals surface area contributed by atoms with E-state index in [-0.39, 0.29) is 17.1 Å². The summed E-state index contributed by atoms with van der Waals surface area (Å²) in [6.07, 6.45) is -4.41.